The van der Waals surface area contributed by atoms with E-state index in [2.05, 4.69) is 41.5 Å². The summed E-state index contributed by atoms with van der Waals surface area (Å²) in [6.45, 7) is 9.05. The van der Waals surface area contributed by atoms with Crippen molar-refractivity contribution in [1.82, 2.24) is 14.7 Å². The number of piperidine rings is 1. The Morgan fingerprint density at radius 2 is 1.93 bits per heavy atom. The zero-order valence-electron chi connectivity index (χ0n) is 18.3. The first-order valence-corrected chi connectivity index (χ1v) is 11.0. The van der Waals surface area contributed by atoms with E-state index in [9.17, 15) is 4.79 Å². The molecule has 1 saturated heterocycles. The molecule has 30 heavy (non-hydrogen) atoms. The number of anilines is 2. The molecule has 2 N–H and O–H groups in total. The lowest BCUT2D eigenvalue weighted by Crippen LogP contribution is -2.36. The number of nitrogens with one attached hydrogen (secondary N) is 2. The van der Waals surface area contributed by atoms with E-state index in [1.807, 2.05) is 31.2 Å². The maximum absolute atomic E-state index is 12.6. The van der Waals surface area contributed by atoms with Crippen LogP contribution in [0.25, 0.3) is 6.08 Å². The molecule has 1 amide bonds. The third-order valence-electron chi connectivity index (χ3n) is 5.31. The quantitative estimate of drug-likeness (QED) is 0.628. The van der Waals surface area contributed by atoms with Crippen molar-refractivity contribution in [3.63, 3.8) is 0 Å². The van der Waals surface area contributed by atoms with Gasteiger partial charge in [0.05, 0.1) is 17.1 Å². The van der Waals surface area contributed by atoms with Gasteiger partial charge in [0.2, 0.25) is 5.91 Å². The molecule has 1 aromatic carbocycles. The largest absolute Gasteiger partial charge is 0.381 e. The van der Waals surface area contributed by atoms with Gasteiger partial charge in [-0.15, -0.1) is 0 Å². The lowest BCUT2D eigenvalue weighted by Gasteiger charge is -2.30. The Morgan fingerprint density at radius 3 is 2.60 bits per heavy atom. The van der Waals surface area contributed by atoms with E-state index >= 15 is 0 Å². The monoisotopic (exact) mass is 429 g/mol. The Labute approximate surface area is 184 Å². The first-order chi connectivity index (χ1) is 14.3. The number of amides is 1. The van der Waals surface area contributed by atoms with Gasteiger partial charge in [0.15, 0.2) is 0 Å². The second-order valence-corrected chi connectivity index (χ2v) is 8.81. The summed E-state index contributed by atoms with van der Waals surface area (Å²) in [5, 5.41) is 11.6. The average molecular weight is 430 g/mol. The lowest BCUT2D eigenvalue weighted by molar-refractivity contribution is -0.111. The molecule has 0 radical (unpaired) electrons. The van der Waals surface area contributed by atoms with Crippen LogP contribution in [0.15, 0.2) is 30.3 Å². The minimum atomic E-state index is -0.195. The summed E-state index contributed by atoms with van der Waals surface area (Å²) < 4.78 is 1.79. The molecular weight excluding hydrogens is 398 g/mol. The number of aromatic nitrogens is 2. The fourth-order valence-corrected chi connectivity index (χ4v) is 3.95. The van der Waals surface area contributed by atoms with E-state index in [4.69, 9.17) is 11.6 Å². The molecule has 2 aromatic rings. The molecule has 6 nitrogen and oxygen atoms in total. The van der Waals surface area contributed by atoms with Crippen molar-refractivity contribution in [1.29, 1.82) is 0 Å². The number of nitrogens with zero attached hydrogens (tertiary/aromatic N) is 3. The molecule has 162 valence electrons. The summed E-state index contributed by atoms with van der Waals surface area (Å²) in [6.07, 6.45) is 5.44. The van der Waals surface area contributed by atoms with Crippen LogP contribution in [0, 0.1) is 12.8 Å². The number of benzene rings is 1. The molecular formula is C23H32ClN5O. The highest BCUT2D eigenvalue weighted by Crippen LogP contribution is 2.25. The number of hydrogen-bond donors (Lipinski definition) is 2. The van der Waals surface area contributed by atoms with Crippen LogP contribution < -0.4 is 10.6 Å². The molecule has 2 heterocycles. The molecule has 0 aliphatic carbocycles. The minimum Gasteiger partial charge on any atom is -0.381 e. The van der Waals surface area contributed by atoms with Gasteiger partial charge >= 0.3 is 0 Å². The summed E-state index contributed by atoms with van der Waals surface area (Å²) in [7, 11) is 2.15. The van der Waals surface area contributed by atoms with Crippen LogP contribution in [-0.2, 0) is 11.3 Å². The summed E-state index contributed by atoms with van der Waals surface area (Å²) in [5.74, 6) is 0.246. The van der Waals surface area contributed by atoms with Crippen molar-refractivity contribution in [3.05, 3.63) is 46.8 Å². The van der Waals surface area contributed by atoms with Gasteiger partial charge < -0.3 is 15.5 Å². The molecule has 0 atom stereocenters. The molecule has 0 unspecified atom stereocenters. The Morgan fingerprint density at radius 1 is 1.27 bits per heavy atom. The Bertz CT molecular complexity index is 897. The molecule has 7 heteroatoms. The number of para-hydroxylation sites is 2. The fourth-order valence-electron chi connectivity index (χ4n) is 3.65. The van der Waals surface area contributed by atoms with Crippen molar-refractivity contribution in [2.45, 2.75) is 46.2 Å². The summed E-state index contributed by atoms with van der Waals surface area (Å²) in [4.78, 5) is 14.9. The summed E-state index contributed by atoms with van der Waals surface area (Å²) in [6, 6.07) is 8.25. The van der Waals surface area contributed by atoms with Crippen molar-refractivity contribution in [3.8, 4) is 0 Å². The van der Waals surface area contributed by atoms with Gasteiger partial charge in [0.1, 0.15) is 5.15 Å². The number of halogens is 1. The highest BCUT2D eigenvalue weighted by atomic mass is 35.5. The van der Waals surface area contributed by atoms with Crippen LogP contribution in [0.5, 0.6) is 0 Å². The average Bonchev–Trinajstić information content (AvgIpc) is 2.95. The topological polar surface area (TPSA) is 62.2 Å². The fraction of sp³-hybridized carbons (Fsp3) is 0.478. The van der Waals surface area contributed by atoms with E-state index in [1.54, 1.807) is 10.8 Å². The van der Waals surface area contributed by atoms with Gasteiger partial charge in [-0.1, -0.05) is 37.6 Å². The predicted octanol–water partition coefficient (Wildman–Crippen LogP) is 4.66. The van der Waals surface area contributed by atoms with Gasteiger partial charge in [0.25, 0.3) is 0 Å². The maximum atomic E-state index is 12.6. The number of likely N-dealkylation sites (tertiary alicyclic amines) is 1. The first-order valence-electron chi connectivity index (χ1n) is 10.6. The van der Waals surface area contributed by atoms with E-state index in [-0.39, 0.29) is 5.91 Å². The van der Waals surface area contributed by atoms with Crippen LogP contribution in [0.2, 0.25) is 5.15 Å². The van der Waals surface area contributed by atoms with Gasteiger partial charge in [-0.05, 0) is 64.0 Å². The number of carbonyl (C=O) groups is 1. The molecule has 0 saturated carbocycles. The van der Waals surface area contributed by atoms with Crippen molar-refractivity contribution in [2.24, 2.45) is 5.92 Å². The van der Waals surface area contributed by atoms with E-state index in [0.717, 1.165) is 55.1 Å². The smallest absolute Gasteiger partial charge is 0.248 e. The zero-order valence-corrected chi connectivity index (χ0v) is 19.0. The maximum Gasteiger partial charge on any atom is 0.248 e. The Kier molecular flexibility index (Phi) is 7.56. The molecule has 0 bridgehead atoms. The molecule has 1 aliphatic heterocycles. The third kappa shape index (κ3) is 5.86. The summed E-state index contributed by atoms with van der Waals surface area (Å²) >= 11 is 6.47. The molecule has 1 aromatic heterocycles. The Hall–Kier alpha value is -2.31. The SMILES string of the molecule is Cc1nn(CC(C)C)c(Cl)c1/C=C/C(=O)Nc1ccccc1NC1CCN(C)CC1. The minimum absolute atomic E-state index is 0.195. The van der Waals surface area contributed by atoms with Gasteiger partial charge in [0, 0.05) is 24.2 Å². The van der Waals surface area contributed by atoms with E-state index < -0.39 is 0 Å². The highest BCUT2D eigenvalue weighted by molar-refractivity contribution is 6.31. The van der Waals surface area contributed by atoms with Gasteiger partial charge in [-0.3, -0.25) is 9.48 Å². The summed E-state index contributed by atoms with van der Waals surface area (Å²) in [5.41, 5.74) is 3.33. The second-order valence-electron chi connectivity index (χ2n) is 8.46. The first kappa shape index (κ1) is 22.4. The van der Waals surface area contributed by atoms with Crippen LogP contribution >= 0.6 is 11.6 Å². The van der Waals surface area contributed by atoms with E-state index in [1.165, 1.54) is 6.08 Å². The predicted molar refractivity (Wildman–Crippen MR) is 125 cm³/mol. The zero-order chi connectivity index (χ0) is 21.7. The van der Waals surface area contributed by atoms with Crippen LogP contribution in [0.1, 0.15) is 37.9 Å². The van der Waals surface area contributed by atoms with Gasteiger partial charge in [-0.2, -0.15) is 5.10 Å². The number of hydrogen-bond acceptors (Lipinski definition) is 4. The third-order valence-corrected chi connectivity index (χ3v) is 5.71. The van der Waals surface area contributed by atoms with Crippen LogP contribution in [0.3, 0.4) is 0 Å². The second kappa shape index (κ2) is 10.1. The lowest BCUT2D eigenvalue weighted by atomic mass is 10.0. The highest BCUT2D eigenvalue weighted by Gasteiger charge is 2.17. The van der Waals surface area contributed by atoms with Crippen LogP contribution in [0.4, 0.5) is 11.4 Å². The molecule has 0 spiro atoms. The molecule has 3 rings (SSSR count). The number of aryl methyl sites for hydroxylation is 1. The number of rotatable bonds is 7. The van der Waals surface area contributed by atoms with Crippen molar-refractivity contribution < 1.29 is 4.79 Å². The van der Waals surface area contributed by atoms with Crippen molar-refractivity contribution >= 4 is 35.0 Å². The van der Waals surface area contributed by atoms with Crippen LogP contribution in [-0.4, -0.2) is 46.8 Å². The van der Waals surface area contributed by atoms with Gasteiger partial charge in [-0.25, -0.2) is 0 Å². The number of carbonyl (C=O) groups excluding carboxylic acids is 1. The normalized spacial score (nSPS) is 15.8. The Balaban J connectivity index is 1.66. The standard InChI is InChI=1S/C23H32ClN5O/c1-16(2)15-29-23(24)19(17(3)27-29)9-10-22(30)26-21-8-6-5-7-20(21)25-18-11-13-28(4)14-12-18/h5-10,16,18,25H,11-15H2,1-4H3,(H,26,30)/b10-9+. The molecule has 1 fully saturated rings. The van der Waals surface area contributed by atoms with E-state index in [0.29, 0.717) is 17.1 Å². The molecule has 1 aliphatic rings. The van der Waals surface area contributed by atoms with Crippen molar-refractivity contribution in [2.75, 3.05) is 30.8 Å².